The van der Waals surface area contributed by atoms with Crippen LogP contribution in [0, 0.1) is 6.92 Å². The lowest BCUT2D eigenvalue weighted by Crippen LogP contribution is -2.35. The highest BCUT2D eigenvalue weighted by molar-refractivity contribution is 9.10. The predicted molar refractivity (Wildman–Crippen MR) is 117 cm³/mol. The molecule has 0 spiro atoms. The van der Waals surface area contributed by atoms with Gasteiger partial charge in [0.1, 0.15) is 11.3 Å². The fraction of sp³-hybridized carbons (Fsp3) is 0.409. The fourth-order valence-electron chi connectivity index (χ4n) is 4.04. The zero-order chi connectivity index (χ0) is 21.3. The van der Waals surface area contributed by atoms with Gasteiger partial charge in [0.05, 0.1) is 18.3 Å². The lowest BCUT2D eigenvalue weighted by molar-refractivity contribution is -0.130. The monoisotopic (exact) mass is 471 g/mol. The number of aryl methyl sites for hydroxylation is 2. The Bertz CT molecular complexity index is 1060. The molecule has 1 aliphatic rings. The van der Waals surface area contributed by atoms with Crippen molar-refractivity contribution in [1.82, 2.24) is 24.5 Å². The van der Waals surface area contributed by atoms with Crippen molar-refractivity contribution in [3.8, 4) is 5.69 Å². The van der Waals surface area contributed by atoms with Gasteiger partial charge >= 0.3 is 0 Å². The minimum atomic E-state index is -1.08. The minimum Gasteiger partial charge on any atom is -0.383 e. The second-order valence-electron chi connectivity index (χ2n) is 8.03. The summed E-state index contributed by atoms with van der Waals surface area (Å²) in [6, 6.07) is 9.86. The quantitative estimate of drug-likeness (QED) is 0.633. The summed E-state index contributed by atoms with van der Waals surface area (Å²) in [5, 5.41) is 19.9. The third-order valence-corrected chi connectivity index (χ3v) is 6.42. The van der Waals surface area contributed by atoms with Gasteiger partial charge in [0.15, 0.2) is 0 Å². The van der Waals surface area contributed by atoms with Crippen LogP contribution in [0.25, 0.3) is 5.69 Å². The number of hydrogen-bond donors (Lipinski definition) is 1. The molecule has 158 valence electrons. The van der Waals surface area contributed by atoms with Gasteiger partial charge in [-0.1, -0.05) is 21.1 Å². The zero-order valence-electron chi connectivity index (χ0n) is 17.3. The van der Waals surface area contributed by atoms with Crippen LogP contribution in [0.15, 0.2) is 47.2 Å². The highest BCUT2D eigenvalue weighted by atomic mass is 79.9. The van der Waals surface area contributed by atoms with Gasteiger partial charge in [0, 0.05) is 36.5 Å². The van der Waals surface area contributed by atoms with Gasteiger partial charge in [-0.2, -0.15) is 0 Å². The normalized spacial score (nSPS) is 19.7. The van der Waals surface area contributed by atoms with E-state index < -0.39 is 5.60 Å². The van der Waals surface area contributed by atoms with Crippen molar-refractivity contribution < 1.29 is 9.90 Å². The third kappa shape index (κ3) is 4.20. The summed E-state index contributed by atoms with van der Waals surface area (Å²) in [5.74, 6) is 0.0928. The van der Waals surface area contributed by atoms with Crippen molar-refractivity contribution in [3.05, 3.63) is 64.1 Å². The lowest BCUT2D eigenvalue weighted by Gasteiger charge is -2.24. The first-order valence-corrected chi connectivity index (χ1v) is 10.9. The largest absolute Gasteiger partial charge is 0.383 e. The van der Waals surface area contributed by atoms with Gasteiger partial charge in [-0.25, -0.2) is 4.68 Å². The van der Waals surface area contributed by atoms with Crippen molar-refractivity contribution in [2.45, 2.75) is 38.2 Å². The second-order valence-corrected chi connectivity index (χ2v) is 8.95. The van der Waals surface area contributed by atoms with Crippen LogP contribution in [0.4, 0.5) is 0 Å². The first-order valence-electron chi connectivity index (χ1n) is 10.2. The van der Waals surface area contributed by atoms with Crippen molar-refractivity contribution in [2.24, 2.45) is 7.05 Å². The van der Waals surface area contributed by atoms with E-state index in [0.29, 0.717) is 38.0 Å². The van der Waals surface area contributed by atoms with Crippen LogP contribution in [-0.4, -0.2) is 48.6 Å². The number of hydrogen-bond acceptors (Lipinski definition) is 4. The maximum atomic E-state index is 12.8. The Hall–Kier alpha value is -2.45. The summed E-state index contributed by atoms with van der Waals surface area (Å²) >= 11 is 3.47. The number of carbonyl (C=O) groups excluding carboxylic acids is 1. The number of likely N-dealkylation sites (tertiary alicyclic amines) is 1. The molecule has 1 unspecified atom stereocenters. The van der Waals surface area contributed by atoms with E-state index in [-0.39, 0.29) is 5.91 Å². The number of halogens is 1. The van der Waals surface area contributed by atoms with E-state index >= 15 is 0 Å². The first-order chi connectivity index (χ1) is 14.4. The van der Waals surface area contributed by atoms with Crippen LogP contribution in [0.2, 0.25) is 0 Å². The van der Waals surface area contributed by atoms with E-state index in [1.165, 1.54) is 0 Å². The third-order valence-electron chi connectivity index (χ3n) is 5.93. The fourth-order valence-corrected chi connectivity index (χ4v) is 4.52. The summed E-state index contributed by atoms with van der Waals surface area (Å²) in [5.41, 5.74) is 2.45. The van der Waals surface area contributed by atoms with E-state index in [2.05, 4.69) is 26.2 Å². The van der Waals surface area contributed by atoms with Crippen LogP contribution in [0.5, 0.6) is 0 Å². The van der Waals surface area contributed by atoms with E-state index in [9.17, 15) is 9.90 Å². The molecule has 1 fully saturated rings. The number of carbonyl (C=O) groups is 1. The number of aliphatic hydroxyl groups is 1. The minimum absolute atomic E-state index is 0.0928. The summed E-state index contributed by atoms with van der Waals surface area (Å²) in [6.45, 7) is 3.16. The molecule has 0 radical (unpaired) electrons. The van der Waals surface area contributed by atoms with Crippen molar-refractivity contribution in [3.63, 3.8) is 0 Å². The van der Waals surface area contributed by atoms with Gasteiger partial charge < -0.3 is 14.6 Å². The molecule has 8 heteroatoms. The van der Waals surface area contributed by atoms with E-state index in [0.717, 1.165) is 27.8 Å². The standard InChI is InChI=1S/C22H26BrN5O2/c1-16-13-17(23)6-7-19(16)28-15-20(24-25-28)22(30)8-4-11-27(12-9-22)21(29)14-18-5-3-10-26(18)2/h3,5-7,10,13,15,30H,4,8-9,11-12,14H2,1-2H3. The number of nitrogens with zero attached hydrogens (tertiary/aromatic N) is 5. The van der Waals surface area contributed by atoms with Gasteiger partial charge in [-0.3, -0.25) is 4.79 Å². The Morgan fingerprint density at radius 3 is 2.83 bits per heavy atom. The summed E-state index contributed by atoms with van der Waals surface area (Å²) < 4.78 is 4.68. The van der Waals surface area contributed by atoms with Crippen LogP contribution in [-0.2, 0) is 23.9 Å². The average Bonchev–Trinajstić information content (AvgIpc) is 3.29. The number of aromatic nitrogens is 4. The molecule has 2 aromatic heterocycles. The van der Waals surface area contributed by atoms with Gasteiger partial charge in [0.2, 0.25) is 5.91 Å². The highest BCUT2D eigenvalue weighted by Crippen LogP contribution is 2.32. The van der Waals surface area contributed by atoms with Gasteiger partial charge in [-0.15, -0.1) is 5.10 Å². The molecule has 30 heavy (non-hydrogen) atoms. The molecule has 1 aliphatic heterocycles. The van der Waals surface area contributed by atoms with Crippen LogP contribution in [0.1, 0.15) is 36.2 Å². The van der Waals surface area contributed by atoms with Crippen LogP contribution in [0.3, 0.4) is 0 Å². The van der Waals surface area contributed by atoms with Crippen LogP contribution >= 0.6 is 15.9 Å². The van der Waals surface area contributed by atoms with Crippen molar-refractivity contribution in [2.75, 3.05) is 13.1 Å². The molecule has 1 saturated heterocycles. The summed E-state index contributed by atoms with van der Waals surface area (Å²) in [6.07, 6.45) is 5.85. The second kappa shape index (κ2) is 8.35. The molecule has 4 rings (SSSR count). The maximum absolute atomic E-state index is 12.8. The first kappa shape index (κ1) is 20.8. The Kier molecular flexibility index (Phi) is 5.79. The van der Waals surface area contributed by atoms with Crippen molar-refractivity contribution in [1.29, 1.82) is 0 Å². The number of rotatable bonds is 4. The Labute approximate surface area is 184 Å². The molecule has 0 aliphatic carbocycles. The summed E-state index contributed by atoms with van der Waals surface area (Å²) in [4.78, 5) is 14.6. The van der Waals surface area contributed by atoms with Crippen LogP contribution < -0.4 is 0 Å². The molecule has 0 bridgehead atoms. The maximum Gasteiger partial charge on any atom is 0.228 e. The topological polar surface area (TPSA) is 76.2 Å². The lowest BCUT2D eigenvalue weighted by atomic mass is 9.92. The molecule has 1 aromatic carbocycles. The molecule has 1 atom stereocenters. The zero-order valence-corrected chi connectivity index (χ0v) is 18.8. The van der Waals surface area contributed by atoms with Gasteiger partial charge in [0.25, 0.3) is 0 Å². The Balaban J connectivity index is 1.47. The molecule has 1 amide bonds. The number of amides is 1. The SMILES string of the molecule is Cc1cc(Br)ccc1-n1cc(C2(O)CCCN(C(=O)Cc3cccn3C)CC2)nn1. The highest BCUT2D eigenvalue weighted by Gasteiger charge is 2.36. The molecular weight excluding hydrogens is 446 g/mol. The van der Waals surface area contributed by atoms with E-state index in [1.54, 1.807) is 10.9 Å². The smallest absolute Gasteiger partial charge is 0.228 e. The molecule has 3 aromatic rings. The average molecular weight is 472 g/mol. The Morgan fingerprint density at radius 1 is 1.27 bits per heavy atom. The van der Waals surface area contributed by atoms with Crippen molar-refractivity contribution >= 4 is 21.8 Å². The molecule has 1 N–H and O–H groups in total. The summed E-state index contributed by atoms with van der Waals surface area (Å²) in [7, 11) is 1.94. The molecular formula is C22H26BrN5O2. The molecule has 3 heterocycles. The number of benzene rings is 1. The molecule has 0 saturated carbocycles. The molecule has 7 nitrogen and oxygen atoms in total. The Morgan fingerprint density at radius 2 is 2.10 bits per heavy atom. The van der Waals surface area contributed by atoms with Gasteiger partial charge in [-0.05, 0) is 62.1 Å². The van der Waals surface area contributed by atoms with E-state index in [4.69, 9.17) is 0 Å². The van der Waals surface area contributed by atoms with E-state index in [1.807, 2.05) is 60.0 Å². The predicted octanol–water partition coefficient (Wildman–Crippen LogP) is 3.12.